The first-order chi connectivity index (χ1) is 11.2. The number of methoxy groups -OCH3 is 1. The second-order valence-electron chi connectivity index (χ2n) is 5.45. The highest BCUT2D eigenvalue weighted by molar-refractivity contribution is 5.88. The number of carbonyl (C=O) groups is 2. The van der Waals surface area contributed by atoms with Crippen LogP contribution in [0.15, 0.2) is 54.7 Å². The number of hydrogen-bond donors (Lipinski definition) is 0. The Balaban J connectivity index is 2.07. The lowest BCUT2D eigenvalue weighted by Crippen LogP contribution is -2.42. The van der Waals surface area contributed by atoms with Crippen molar-refractivity contribution >= 4 is 11.9 Å². The standard InChI is InChI=1S/C18H18N2O3/c1-23-18(22)15-10-11-16(21)20(15)17(13-7-3-2-4-8-13)14-9-5-6-12-19-14/h2-9,12,15,17H,10-11H2,1H3. The average Bonchev–Trinajstić information content (AvgIpc) is 2.98. The minimum Gasteiger partial charge on any atom is -0.467 e. The molecular formula is C18H18N2O3. The number of aromatic nitrogens is 1. The number of rotatable bonds is 4. The lowest BCUT2D eigenvalue weighted by Gasteiger charge is -2.32. The predicted molar refractivity (Wildman–Crippen MR) is 84.4 cm³/mol. The molecule has 0 aliphatic carbocycles. The summed E-state index contributed by atoms with van der Waals surface area (Å²) in [6.07, 6.45) is 2.51. The van der Waals surface area contributed by atoms with Crippen molar-refractivity contribution in [2.24, 2.45) is 0 Å². The summed E-state index contributed by atoms with van der Waals surface area (Å²) in [6, 6.07) is 14.3. The van der Waals surface area contributed by atoms with E-state index in [-0.39, 0.29) is 11.9 Å². The van der Waals surface area contributed by atoms with E-state index in [2.05, 4.69) is 4.98 Å². The van der Waals surface area contributed by atoms with Crippen molar-refractivity contribution in [1.29, 1.82) is 0 Å². The Labute approximate surface area is 134 Å². The van der Waals surface area contributed by atoms with E-state index >= 15 is 0 Å². The molecule has 1 fully saturated rings. The SMILES string of the molecule is COC(=O)C1CCC(=O)N1C(c1ccccc1)c1ccccn1. The number of pyridine rings is 1. The topological polar surface area (TPSA) is 59.5 Å². The van der Waals surface area contributed by atoms with Gasteiger partial charge in [-0.1, -0.05) is 36.4 Å². The molecule has 1 amide bonds. The smallest absolute Gasteiger partial charge is 0.328 e. The van der Waals surface area contributed by atoms with E-state index in [4.69, 9.17) is 4.74 Å². The molecule has 3 rings (SSSR count). The number of amides is 1. The third-order valence-electron chi connectivity index (χ3n) is 4.09. The van der Waals surface area contributed by atoms with E-state index in [9.17, 15) is 9.59 Å². The van der Waals surface area contributed by atoms with Crippen LogP contribution in [0.4, 0.5) is 0 Å². The maximum absolute atomic E-state index is 12.5. The van der Waals surface area contributed by atoms with E-state index in [1.165, 1.54) is 7.11 Å². The van der Waals surface area contributed by atoms with Crippen LogP contribution < -0.4 is 0 Å². The molecule has 118 valence electrons. The zero-order valence-corrected chi connectivity index (χ0v) is 12.9. The molecule has 1 aliphatic rings. The van der Waals surface area contributed by atoms with Crippen LogP contribution in [0.2, 0.25) is 0 Å². The number of carbonyl (C=O) groups excluding carboxylic acids is 2. The van der Waals surface area contributed by atoms with Gasteiger partial charge in [0.05, 0.1) is 12.8 Å². The summed E-state index contributed by atoms with van der Waals surface area (Å²) in [4.78, 5) is 30.6. The van der Waals surface area contributed by atoms with Gasteiger partial charge in [-0.2, -0.15) is 0 Å². The molecule has 0 spiro atoms. The highest BCUT2D eigenvalue weighted by Gasteiger charge is 2.42. The molecule has 1 aromatic heterocycles. The molecular weight excluding hydrogens is 292 g/mol. The number of ether oxygens (including phenoxy) is 1. The largest absolute Gasteiger partial charge is 0.467 e. The van der Waals surface area contributed by atoms with Crippen LogP contribution in [0.3, 0.4) is 0 Å². The Kier molecular flexibility index (Phi) is 4.37. The minimum atomic E-state index is -0.570. The fraction of sp³-hybridized carbons (Fsp3) is 0.278. The first-order valence-electron chi connectivity index (χ1n) is 7.57. The van der Waals surface area contributed by atoms with E-state index in [1.54, 1.807) is 11.1 Å². The van der Waals surface area contributed by atoms with Gasteiger partial charge in [-0.3, -0.25) is 9.78 Å². The molecule has 2 heterocycles. The fourth-order valence-electron chi connectivity index (χ4n) is 3.04. The number of esters is 1. The van der Waals surface area contributed by atoms with Gasteiger partial charge in [-0.25, -0.2) is 4.79 Å². The zero-order valence-electron chi connectivity index (χ0n) is 12.9. The van der Waals surface area contributed by atoms with Crippen LogP contribution in [-0.2, 0) is 14.3 Å². The van der Waals surface area contributed by atoms with Gasteiger partial charge >= 0.3 is 5.97 Å². The quantitative estimate of drug-likeness (QED) is 0.813. The fourth-order valence-corrected chi connectivity index (χ4v) is 3.04. The molecule has 0 radical (unpaired) electrons. The number of hydrogen-bond acceptors (Lipinski definition) is 4. The van der Waals surface area contributed by atoms with Crippen LogP contribution in [0.5, 0.6) is 0 Å². The molecule has 0 bridgehead atoms. The molecule has 1 aliphatic heterocycles. The summed E-state index contributed by atoms with van der Waals surface area (Å²) >= 11 is 0. The molecule has 5 heteroatoms. The zero-order chi connectivity index (χ0) is 16.2. The predicted octanol–water partition coefficient (Wildman–Crippen LogP) is 2.33. The van der Waals surface area contributed by atoms with E-state index in [0.29, 0.717) is 12.8 Å². The summed E-state index contributed by atoms with van der Waals surface area (Å²) in [6.45, 7) is 0. The molecule has 23 heavy (non-hydrogen) atoms. The minimum absolute atomic E-state index is 0.0556. The Morgan fingerprint density at radius 1 is 1.22 bits per heavy atom. The van der Waals surface area contributed by atoms with E-state index in [1.807, 2.05) is 48.5 Å². The van der Waals surface area contributed by atoms with Crippen LogP contribution in [0.1, 0.15) is 30.1 Å². The molecule has 2 unspecified atom stereocenters. The molecule has 1 aromatic carbocycles. The van der Waals surface area contributed by atoms with E-state index in [0.717, 1.165) is 11.3 Å². The van der Waals surface area contributed by atoms with Crippen LogP contribution in [0, 0.1) is 0 Å². The first-order valence-corrected chi connectivity index (χ1v) is 7.57. The van der Waals surface area contributed by atoms with Crippen molar-refractivity contribution in [2.75, 3.05) is 7.11 Å². The van der Waals surface area contributed by atoms with Gasteiger partial charge in [0.2, 0.25) is 5.91 Å². The third kappa shape index (κ3) is 2.95. The monoisotopic (exact) mass is 310 g/mol. The molecule has 5 nitrogen and oxygen atoms in total. The summed E-state index contributed by atoms with van der Waals surface area (Å²) in [5.41, 5.74) is 1.67. The molecule has 0 saturated carbocycles. The maximum Gasteiger partial charge on any atom is 0.328 e. The van der Waals surface area contributed by atoms with Gasteiger partial charge in [-0.15, -0.1) is 0 Å². The van der Waals surface area contributed by atoms with Crippen molar-refractivity contribution in [2.45, 2.75) is 24.9 Å². The number of nitrogens with zero attached hydrogens (tertiary/aromatic N) is 2. The normalized spacial score (nSPS) is 18.7. The summed E-state index contributed by atoms with van der Waals surface area (Å²) < 4.78 is 4.88. The Morgan fingerprint density at radius 3 is 2.61 bits per heavy atom. The van der Waals surface area contributed by atoms with Crippen molar-refractivity contribution in [3.8, 4) is 0 Å². The average molecular weight is 310 g/mol. The third-order valence-corrected chi connectivity index (χ3v) is 4.09. The van der Waals surface area contributed by atoms with Gasteiger partial charge in [0.25, 0.3) is 0 Å². The van der Waals surface area contributed by atoms with Gasteiger partial charge in [0.15, 0.2) is 0 Å². The second kappa shape index (κ2) is 6.60. The maximum atomic E-state index is 12.5. The van der Waals surface area contributed by atoms with Gasteiger partial charge in [-0.05, 0) is 24.1 Å². The van der Waals surface area contributed by atoms with Crippen LogP contribution in [-0.4, -0.2) is 34.9 Å². The van der Waals surface area contributed by atoms with Gasteiger partial charge < -0.3 is 9.64 Å². The summed E-state index contributed by atoms with van der Waals surface area (Å²) in [5.74, 6) is -0.437. The van der Waals surface area contributed by atoms with Crippen LogP contribution in [0.25, 0.3) is 0 Å². The van der Waals surface area contributed by atoms with Crippen molar-refractivity contribution < 1.29 is 14.3 Å². The van der Waals surface area contributed by atoms with Gasteiger partial charge in [0.1, 0.15) is 12.1 Å². The molecule has 1 saturated heterocycles. The van der Waals surface area contributed by atoms with E-state index < -0.39 is 12.1 Å². The Bertz CT molecular complexity index is 648. The summed E-state index contributed by atoms with van der Waals surface area (Å²) in [7, 11) is 1.35. The Hall–Kier alpha value is -2.69. The molecule has 2 atom stereocenters. The van der Waals surface area contributed by atoms with Crippen molar-refractivity contribution in [1.82, 2.24) is 9.88 Å². The highest BCUT2D eigenvalue weighted by Crippen LogP contribution is 2.34. The lowest BCUT2D eigenvalue weighted by atomic mass is 10.00. The number of likely N-dealkylation sites (tertiary alicyclic amines) is 1. The van der Waals surface area contributed by atoms with Crippen molar-refractivity contribution in [3.63, 3.8) is 0 Å². The van der Waals surface area contributed by atoms with Crippen LogP contribution >= 0.6 is 0 Å². The number of benzene rings is 1. The molecule has 0 N–H and O–H groups in total. The first kappa shape index (κ1) is 15.2. The molecule has 2 aromatic rings. The van der Waals surface area contributed by atoms with Crippen molar-refractivity contribution in [3.05, 3.63) is 66.0 Å². The van der Waals surface area contributed by atoms with Gasteiger partial charge in [0, 0.05) is 12.6 Å². The Morgan fingerprint density at radius 2 is 1.96 bits per heavy atom. The summed E-state index contributed by atoms with van der Waals surface area (Å²) in [5, 5.41) is 0. The lowest BCUT2D eigenvalue weighted by molar-refractivity contribution is -0.150. The highest BCUT2D eigenvalue weighted by atomic mass is 16.5. The second-order valence-corrected chi connectivity index (χ2v) is 5.45.